The molecule has 0 atom stereocenters. The van der Waals surface area contributed by atoms with Gasteiger partial charge in [-0.2, -0.15) is 5.10 Å². The van der Waals surface area contributed by atoms with E-state index in [0.717, 1.165) is 5.06 Å². The lowest BCUT2D eigenvalue weighted by molar-refractivity contribution is 0.312. The first-order valence-corrected chi connectivity index (χ1v) is 7.25. The molecule has 108 valence electrons. The molecule has 0 radical (unpaired) electrons. The summed E-state index contributed by atoms with van der Waals surface area (Å²) in [5, 5.41) is 16.9. The van der Waals surface area contributed by atoms with E-state index in [-0.39, 0.29) is 5.84 Å². The van der Waals surface area contributed by atoms with Gasteiger partial charge < -0.3 is 0 Å². The van der Waals surface area contributed by atoms with Crippen LogP contribution in [0.25, 0.3) is 0 Å². The van der Waals surface area contributed by atoms with Gasteiger partial charge in [0.05, 0.1) is 21.4 Å². The SMILES string of the molecule is ON1C(c2cc(Cl)cc(Cl)c2)=NNc2cc(Cl)c(Cl)cc21. The van der Waals surface area contributed by atoms with Crippen molar-refractivity contribution in [3.63, 3.8) is 0 Å². The second-order valence-electron chi connectivity index (χ2n) is 4.30. The minimum Gasteiger partial charge on any atom is -0.282 e. The highest BCUT2D eigenvalue weighted by atomic mass is 35.5. The van der Waals surface area contributed by atoms with Crippen LogP contribution in [0.3, 0.4) is 0 Å². The Hall–Kier alpha value is -1.17. The molecular formula is C13H7Cl4N3O. The highest BCUT2D eigenvalue weighted by molar-refractivity contribution is 6.42. The summed E-state index contributed by atoms with van der Waals surface area (Å²) in [4.78, 5) is 0. The molecule has 0 aromatic heterocycles. The third-order valence-electron chi connectivity index (χ3n) is 2.87. The molecular weight excluding hydrogens is 356 g/mol. The van der Waals surface area contributed by atoms with Gasteiger partial charge in [0.15, 0.2) is 5.84 Å². The third kappa shape index (κ3) is 2.78. The lowest BCUT2D eigenvalue weighted by Gasteiger charge is -2.26. The number of fused-ring (bicyclic) bond motifs is 1. The first kappa shape index (κ1) is 14.8. The zero-order valence-electron chi connectivity index (χ0n) is 10.2. The lowest BCUT2D eigenvalue weighted by atomic mass is 10.1. The maximum atomic E-state index is 10.3. The monoisotopic (exact) mass is 361 g/mol. The largest absolute Gasteiger partial charge is 0.282 e. The number of amidine groups is 1. The molecule has 0 spiro atoms. The van der Waals surface area contributed by atoms with E-state index in [1.165, 1.54) is 6.07 Å². The average molecular weight is 363 g/mol. The summed E-state index contributed by atoms with van der Waals surface area (Å²) >= 11 is 23.8. The van der Waals surface area contributed by atoms with Crippen LogP contribution in [0.15, 0.2) is 35.4 Å². The number of hydroxylamine groups is 1. The number of hydrogen-bond acceptors (Lipinski definition) is 4. The smallest absolute Gasteiger partial charge is 0.184 e. The van der Waals surface area contributed by atoms with E-state index in [1.54, 1.807) is 24.3 Å². The van der Waals surface area contributed by atoms with E-state index < -0.39 is 0 Å². The average Bonchev–Trinajstić information content (AvgIpc) is 2.40. The Kier molecular flexibility index (Phi) is 3.90. The molecule has 1 aliphatic rings. The molecule has 0 amide bonds. The van der Waals surface area contributed by atoms with E-state index in [1.807, 2.05) is 0 Å². The summed E-state index contributed by atoms with van der Waals surface area (Å²) in [7, 11) is 0. The molecule has 0 bridgehead atoms. The molecule has 0 unspecified atom stereocenters. The van der Waals surface area contributed by atoms with Crippen LogP contribution in [0, 0.1) is 0 Å². The van der Waals surface area contributed by atoms with Crippen LogP contribution in [0.2, 0.25) is 20.1 Å². The molecule has 21 heavy (non-hydrogen) atoms. The molecule has 0 aliphatic carbocycles. The van der Waals surface area contributed by atoms with E-state index in [4.69, 9.17) is 46.4 Å². The van der Waals surface area contributed by atoms with Crippen LogP contribution in [0.5, 0.6) is 0 Å². The summed E-state index contributed by atoms with van der Waals surface area (Å²) in [6, 6.07) is 7.98. The van der Waals surface area contributed by atoms with Crippen molar-refractivity contribution in [3.05, 3.63) is 56.0 Å². The zero-order valence-corrected chi connectivity index (χ0v) is 13.3. The standard InChI is InChI=1S/C13H7Cl4N3O/c14-7-1-6(2-8(15)3-7)13-19-18-11-4-9(16)10(17)5-12(11)20(13)21/h1-5,18,21H. The van der Waals surface area contributed by atoms with Gasteiger partial charge in [-0.05, 0) is 30.3 Å². The van der Waals surface area contributed by atoms with Crippen LogP contribution in [0.4, 0.5) is 11.4 Å². The van der Waals surface area contributed by atoms with Gasteiger partial charge >= 0.3 is 0 Å². The number of hydrazone groups is 1. The van der Waals surface area contributed by atoms with Gasteiger partial charge in [0.2, 0.25) is 0 Å². The highest BCUT2D eigenvalue weighted by Crippen LogP contribution is 2.37. The molecule has 0 saturated heterocycles. The van der Waals surface area contributed by atoms with E-state index in [9.17, 15) is 5.21 Å². The molecule has 0 saturated carbocycles. The summed E-state index contributed by atoms with van der Waals surface area (Å²) in [6.07, 6.45) is 0. The second-order valence-corrected chi connectivity index (χ2v) is 5.99. The van der Waals surface area contributed by atoms with Crippen molar-refractivity contribution >= 4 is 63.6 Å². The number of anilines is 2. The summed E-state index contributed by atoms with van der Waals surface area (Å²) in [5.74, 6) is 0.241. The Morgan fingerprint density at radius 1 is 0.905 bits per heavy atom. The number of rotatable bonds is 1. The van der Waals surface area contributed by atoms with Gasteiger partial charge in [0, 0.05) is 15.6 Å². The zero-order chi connectivity index (χ0) is 15.1. The van der Waals surface area contributed by atoms with E-state index in [2.05, 4.69) is 10.5 Å². The normalized spacial score (nSPS) is 13.6. The van der Waals surface area contributed by atoms with Crippen molar-refractivity contribution in [3.8, 4) is 0 Å². The van der Waals surface area contributed by atoms with Crippen molar-refractivity contribution in [2.24, 2.45) is 5.10 Å². The Morgan fingerprint density at radius 3 is 2.19 bits per heavy atom. The minimum atomic E-state index is 0.241. The molecule has 1 aliphatic heterocycles. The first-order valence-electron chi connectivity index (χ1n) is 5.74. The molecule has 1 heterocycles. The maximum absolute atomic E-state index is 10.3. The molecule has 4 nitrogen and oxygen atoms in total. The fourth-order valence-electron chi connectivity index (χ4n) is 1.95. The van der Waals surface area contributed by atoms with Crippen LogP contribution in [-0.4, -0.2) is 11.0 Å². The fraction of sp³-hybridized carbons (Fsp3) is 0. The molecule has 0 fully saturated rings. The summed E-state index contributed by atoms with van der Waals surface area (Å²) in [6.45, 7) is 0. The van der Waals surface area contributed by atoms with Gasteiger partial charge in [-0.15, -0.1) is 0 Å². The van der Waals surface area contributed by atoms with Crippen molar-refractivity contribution in [1.82, 2.24) is 0 Å². The van der Waals surface area contributed by atoms with Crippen LogP contribution >= 0.6 is 46.4 Å². The Morgan fingerprint density at radius 2 is 1.52 bits per heavy atom. The number of hydrogen-bond donors (Lipinski definition) is 2. The number of benzene rings is 2. The number of nitrogens with zero attached hydrogens (tertiary/aromatic N) is 2. The topological polar surface area (TPSA) is 47.9 Å². The molecule has 8 heteroatoms. The van der Waals surface area contributed by atoms with Crippen molar-refractivity contribution in [2.45, 2.75) is 0 Å². The Labute approximate surface area is 140 Å². The molecule has 2 N–H and O–H groups in total. The number of halogens is 4. The third-order valence-corrected chi connectivity index (χ3v) is 4.03. The predicted octanol–water partition coefficient (Wildman–Crippen LogP) is 5.28. The predicted molar refractivity (Wildman–Crippen MR) is 87.3 cm³/mol. The van der Waals surface area contributed by atoms with Crippen molar-refractivity contribution in [2.75, 3.05) is 10.5 Å². The quantitative estimate of drug-likeness (QED) is 0.725. The van der Waals surface area contributed by atoms with Crippen LogP contribution in [-0.2, 0) is 0 Å². The lowest BCUT2D eigenvalue weighted by Crippen LogP contribution is -2.32. The highest BCUT2D eigenvalue weighted by Gasteiger charge is 2.23. The van der Waals surface area contributed by atoms with Crippen LogP contribution in [0.1, 0.15) is 5.56 Å². The van der Waals surface area contributed by atoms with Gasteiger partial charge in [0.1, 0.15) is 0 Å². The minimum absolute atomic E-state index is 0.241. The Balaban J connectivity index is 2.07. The number of nitrogens with one attached hydrogen (secondary N) is 1. The Bertz CT molecular complexity index is 743. The van der Waals surface area contributed by atoms with E-state index >= 15 is 0 Å². The maximum Gasteiger partial charge on any atom is 0.184 e. The van der Waals surface area contributed by atoms with Crippen molar-refractivity contribution in [1.29, 1.82) is 0 Å². The van der Waals surface area contributed by atoms with Crippen LogP contribution < -0.4 is 10.5 Å². The van der Waals surface area contributed by atoms with Gasteiger partial charge in [0.25, 0.3) is 0 Å². The molecule has 3 rings (SSSR count). The van der Waals surface area contributed by atoms with Crippen molar-refractivity contribution < 1.29 is 5.21 Å². The van der Waals surface area contributed by atoms with Gasteiger partial charge in [-0.3, -0.25) is 10.6 Å². The van der Waals surface area contributed by atoms with Gasteiger partial charge in [-0.25, -0.2) is 5.06 Å². The fourth-order valence-corrected chi connectivity index (χ4v) is 2.79. The summed E-state index contributed by atoms with van der Waals surface area (Å²) < 4.78 is 0. The molecule has 2 aromatic carbocycles. The van der Waals surface area contributed by atoms with E-state index in [0.29, 0.717) is 37.0 Å². The molecule has 2 aromatic rings. The summed E-state index contributed by atoms with van der Waals surface area (Å²) in [5.41, 5.74) is 4.31. The first-order chi connectivity index (χ1) is 9.95. The van der Waals surface area contributed by atoms with Gasteiger partial charge in [-0.1, -0.05) is 46.4 Å². The second kappa shape index (κ2) is 5.55.